The average Bonchev–Trinajstić information content (AvgIpc) is 2.65. The molecule has 0 aliphatic rings. The SMILES string of the molecule is Cc1cnc(Oc2ccc(C#N)cc2)o1. The zero-order valence-electron chi connectivity index (χ0n) is 8.10. The third-order valence-corrected chi connectivity index (χ3v) is 1.79. The van der Waals surface area contributed by atoms with Crippen molar-refractivity contribution < 1.29 is 9.15 Å². The lowest BCUT2D eigenvalue weighted by Crippen LogP contribution is -1.83. The van der Waals surface area contributed by atoms with E-state index in [9.17, 15) is 0 Å². The first kappa shape index (κ1) is 9.28. The second kappa shape index (κ2) is 3.84. The zero-order valence-corrected chi connectivity index (χ0v) is 8.10. The van der Waals surface area contributed by atoms with Gasteiger partial charge in [0.1, 0.15) is 11.5 Å². The van der Waals surface area contributed by atoms with E-state index < -0.39 is 0 Å². The standard InChI is InChI=1S/C11H8N2O2/c1-8-7-13-11(14-8)15-10-4-2-9(6-12)3-5-10/h2-5,7H,1H3. The minimum absolute atomic E-state index is 0.206. The number of aryl methyl sites for hydroxylation is 1. The van der Waals surface area contributed by atoms with Crippen LogP contribution in [0.5, 0.6) is 11.8 Å². The zero-order chi connectivity index (χ0) is 10.7. The van der Waals surface area contributed by atoms with Crippen LogP contribution in [0.1, 0.15) is 11.3 Å². The summed E-state index contributed by atoms with van der Waals surface area (Å²) in [5.41, 5.74) is 0.589. The lowest BCUT2D eigenvalue weighted by atomic mass is 10.2. The van der Waals surface area contributed by atoms with E-state index in [2.05, 4.69) is 4.98 Å². The molecule has 0 N–H and O–H groups in total. The van der Waals surface area contributed by atoms with Crippen molar-refractivity contribution >= 4 is 0 Å². The van der Waals surface area contributed by atoms with Crippen molar-refractivity contribution in [1.82, 2.24) is 4.98 Å². The highest BCUT2D eigenvalue weighted by molar-refractivity contribution is 5.35. The van der Waals surface area contributed by atoms with Gasteiger partial charge in [-0.1, -0.05) is 0 Å². The summed E-state index contributed by atoms with van der Waals surface area (Å²) in [5, 5.41) is 8.60. The van der Waals surface area contributed by atoms with Gasteiger partial charge in [0.2, 0.25) is 0 Å². The third-order valence-electron chi connectivity index (χ3n) is 1.79. The van der Waals surface area contributed by atoms with Gasteiger partial charge >= 0.3 is 6.08 Å². The van der Waals surface area contributed by atoms with Crippen LogP contribution in [0.3, 0.4) is 0 Å². The molecule has 0 bridgehead atoms. The van der Waals surface area contributed by atoms with Crippen molar-refractivity contribution in [2.24, 2.45) is 0 Å². The van der Waals surface area contributed by atoms with Crippen LogP contribution in [0, 0.1) is 18.3 Å². The fraction of sp³-hybridized carbons (Fsp3) is 0.0909. The molecular weight excluding hydrogens is 192 g/mol. The number of benzene rings is 1. The van der Waals surface area contributed by atoms with Gasteiger partial charge in [-0.2, -0.15) is 10.2 Å². The maximum atomic E-state index is 8.60. The first-order valence-electron chi connectivity index (χ1n) is 4.38. The fourth-order valence-electron chi connectivity index (χ4n) is 1.08. The van der Waals surface area contributed by atoms with E-state index >= 15 is 0 Å². The lowest BCUT2D eigenvalue weighted by Gasteiger charge is -1.99. The van der Waals surface area contributed by atoms with Crippen LogP contribution in [-0.2, 0) is 0 Å². The molecule has 0 aliphatic carbocycles. The summed E-state index contributed by atoms with van der Waals surface area (Å²) in [6, 6.07) is 8.76. The van der Waals surface area contributed by atoms with Crippen molar-refractivity contribution in [3.63, 3.8) is 0 Å². The molecule has 0 unspecified atom stereocenters. The van der Waals surface area contributed by atoms with Crippen molar-refractivity contribution in [2.75, 3.05) is 0 Å². The summed E-state index contributed by atoms with van der Waals surface area (Å²) in [7, 11) is 0. The maximum Gasteiger partial charge on any atom is 0.399 e. The number of ether oxygens (including phenoxy) is 1. The highest BCUT2D eigenvalue weighted by Gasteiger charge is 2.02. The van der Waals surface area contributed by atoms with Crippen LogP contribution in [0.15, 0.2) is 34.9 Å². The van der Waals surface area contributed by atoms with E-state index in [1.54, 1.807) is 37.4 Å². The number of aromatic nitrogens is 1. The van der Waals surface area contributed by atoms with Gasteiger partial charge in [0.15, 0.2) is 0 Å². The third kappa shape index (κ3) is 2.15. The summed E-state index contributed by atoms with van der Waals surface area (Å²) in [6.45, 7) is 1.79. The quantitative estimate of drug-likeness (QED) is 0.747. The summed E-state index contributed by atoms with van der Waals surface area (Å²) in [5.74, 6) is 1.29. The van der Waals surface area contributed by atoms with Crippen LogP contribution < -0.4 is 4.74 Å². The van der Waals surface area contributed by atoms with Gasteiger partial charge in [0.05, 0.1) is 17.8 Å². The average molecular weight is 200 g/mol. The molecule has 74 valence electrons. The minimum Gasteiger partial charge on any atom is -0.414 e. The van der Waals surface area contributed by atoms with E-state index in [1.807, 2.05) is 6.07 Å². The summed E-state index contributed by atoms with van der Waals surface area (Å²) in [4.78, 5) is 3.90. The fourth-order valence-corrected chi connectivity index (χ4v) is 1.08. The van der Waals surface area contributed by atoms with Crippen LogP contribution in [0.25, 0.3) is 0 Å². The van der Waals surface area contributed by atoms with E-state index in [0.717, 1.165) is 0 Å². The lowest BCUT2D eigenvalue weighted by molar-refractivity contribution is 0.323. The molecule has 0 atom stereocenters. The number of hydrogen-bond donors (Lipinski definition) is 0. The van der Waals surface area contributed by atoms with Crippen molar-refractivity contribution in [3.8, 4) is 17.9 Å². The molecule has 1 aromatic heterocycles. The Balaban J connectivity index is 2.15. The Bertz CT molecular complexity index is 494. The molecule has 0 spiro atoms. The molecule has 2 rings (SSSR count). The molecule has 0 fully saturated rings. The maximum absolute atomic E-state index is 8.60. The Morgan fingerprint density at radius 2 is 2.07 bits per heavy atom. The molecule has 0 saturated heterocycles. The minimum atomic E-state index is 0.206. The first-order valence-corrected chi connectivity index (χ1v) is 4.38. The number of nitrogens with zero attached hydrogens (tertiary/aromatic N) is 2. The Morgan fingerprint density at radius 3 is 2.60 bits per heavy atom. The van der Waals surface area contributed by atoms with Crippen LogP contribution in [0.2, 0.25) is 0 Å². The number of hydrogen-bond acceptors (Lipinski definition) is 4. The summed E-state index contributed by atoms with van der Waals surface area (Å²) < 4.78 is 10.5. The van der Waals surface area contributed by atoms with E-state index in [-0.39, 0.29) is 6.08 Å². The molecule has 4 heteroatoms. The smallest absolute Gasteiger partial charge is 0.399 e. The molecule has 1 aromatic carbocycles. The molecule has 2 aromatic rings. The normalized spacial score (nSPS) is 9.60. The van der Waals surface area contributed by atoms with E-state index in [1.165, 1.54) is 0 Å². The molecular formula is C11H8N2O2. The van der Waals surface area contributed by atoms with Crippen molar-refractivity contribution in [1.29, 1.82) is 5.26 Å². The van der Waals surface area contributed by atoms with E-state index in [0.29, 0.717) is 17.1 Å². The summed E-state index contributed by atoms with van der Waals surface area (Å²) >= 11 is 0. The predicted molar refractivity (Wildman–Crippen MR) is 52.5 cm³/mol. The molecule has 0 amide bonds. The number of rotatable bonds is 2. The highest BCUT2D eigenvalue weighted by Crippen LogP contribution is 2.20. The topological polar surface area (TPSA) is 59.0 Å². The van der Waals surface area contributed by atoms with Gasteiger partial charge in [-0.15, -0.1) is 0 Å². The predicted octanol–water partition coefficient (Wildman–Crippen LogP) is 2.65. The Kier molecular flexibility index (Phi) is 2.38. The Hall–Kier alpha value is -2.28. The van der Waals surface area contributed by atoms with Gasteiger partial charge in [-0.05, 0) is 31.2 Å². The second-order valence-corrected chi connectivity index (χ2v) is 2.98. The van der Waals surface area contributed by atoms with Gasteiger partial charge < -0.3 is 9.15 Å². The molecule has 0 saturated carbocycles. The van der Waals surface area contributed by atoms with Gasteiger partial charge in [-0.25, -0.2) is 0 Å². The number of nitriles is 1. The van der Waals surface area contributed by atoms with Crippen LogP contribution in [-0.4, -0.2) is 4.98 Å². The largest absolute Gasteiger partial charge is 0.414 e. The van der Waals surface area contributed by atoms with Gasteiger partial charge in [0, 0.05) is 0 Å². The van der Waals surface area contributed by atoms with E-state index in [4.69, 9.17) is 14.4 Å². The van der Waals surface area contributed by atoms with Crippen LogP contribution >= 0.6 is 0 Å². The highest BCUT2D eigenvalue weighted by atomic mass is 16.6. The number of oxazole rings is 1. The van der Waals surface area contributed by atoms with Gasteiger partial charge in [0.25, 0.3) is 0 Å². The monoisotopic (exact) mass is 200 g/mol. The van der Waals surface area contributed by atoms with Gasteiger partial charge in [-0.3, -0.25) is 0 Å². The van der Waals surface area contributed by atoms with Crippen molar-refractivity contribution in [3.05, 3.63) is 41.8 Å². The molecule has 15 heavy (non-hydrogen) atoms. The molecule has 0 aliphatic heterocycles. The van der Waals surface area contributed by atoms with Crippen molar-refractivity contribution in [2.45, 2.75) is 6.92 Å². The second-order valence-electron chi connectivity index (χ2n) is 2.98. The molecule has 1 heterocycles. The first-order chi connectivity index (χ1) is 7.28. The van der Waals surface area contributed by atoms with Crippen LogP contribution in [0.4, 0.5) is 0 Å². The Labute approximate surface area is 86.7 Å². The summed E-state index contributed by atoms with van der Waals surface area (Å²) in [6.07, 6.45) is 1.79. The molecule has 4 nitrogen and oxygen atoms in total. The molecule has 0 radical (unpaired) electrons. The Morgan fingerprint density at radius 1 is 1.33 bits per heavy atom.